The summed E-state index contributed by atoms with van der Waals surface area (Å²) in [6.07, 6.45) is 0. The smallest absolute Gasteiger partial charge is 1.00 e. The van der Waals surface area contributed by atoms with Crippen molar-refractivity contribution >= 4 is 41.5 Å². The second kappa shape index (κ2) is 7.36. The first-order valence-electron chi connectivity index (χ1n) is 5.17. The van der Waals surface area contributed by atoms with E-state index in [0.29, 0.717) is 0 Å². The van der Waals surface area contributed by atoms with Gasteiger partial charge in [-0.3, -0.25) is 0 Å². The first-order chi connectivity index (χ1) is 7.21. The van der Waals surface area contributed by atoms with E-state index < -0.39 is 8.07 Å². The first kappa shape index (κ1) is 16.9. The third kappa shape index (κ3) is 3.95. The van der Waals surface area contributed by atoms with Crippen LogP contribution in [0.2, 0.25) is 6.55 Å². The Bertz CT molecular complexity index is 387. The van der Waals surface area contributed by atoms with E-state index in [2.05, 4.69) is 73.8 Å². The Morgan fingerprint density at radius 1 is 0.765 bits per heavy atom. The van der Waals surface area contributed by atoms with Crippen LogP contribution < -0.4 is 27.4 Å². The fourth-order valence-electron chi connectivity index (χ4n) is 1.78. The van der Waals surface area contributed by atoms with Crippen molar-refractivity contribution in [2.45, 2.75) is 6.55 Å². The van der Waals surface area contributed by atoms with Crippen LogP contribution in [0.25, 0.3) is 0 Å². The second-order valence-corrected chi connectivity index (χ2v) is 7.88. The topological polar surface area (TPSA) is 0 Å². The summed E-state index contributed by atoms with van der Waals surface area (Å²) in [5.41, 5.74) is 0. The van der Waals surface area contributed by atoms with Crippen LogP contribution >= 0.6 is 0 Å². The van der Waals surface area contributed by atoms with Gasteiger partial charge < -0.3 is 23.5 Å². The van der Waals surface area contributed by atoms with Gasteiger partial charge >= 0.3 is 23.1 Å². The van der Waals surface area contributed by atoms with E-state index in [0.717, 1.165) is 0 Å². The van der Waals surface area contributed by atoms with E-state index in [1.165, 1.54) is 10.4 Å². The Hall–Kier alpha value is -0.0969. The fourth-order valence-corrected chi connectivity index (χ4v) is 3.97. The van der Waals surface area contributed by atoms with Crippen molar-refractivity contribution in [2.24, 2.45) is 0 Å². The van der Waals surface area contributed by atoms with Crippen LogP contribution in [-0.4, -0.2) is 31.1 Å². The molecule has 2 aromatic rings. The van der Waals surface area contributed by atoms with Crippen molar-refractivity contribution in [3.8, 4) is 0 Å². The summed E-state index contributed by atoms with van der Waals surface area (Å²) in [5.74, 6) is 0. The van der Waals surface area contributed by atoms with Crippen LogP contribution in [-0.2, 0) is 0 Å². The first-order valence-corrected chi connectivity index (χ1v) is 7.88. The zero-order valence-corrected chi connectivity index (χ0v) is 14.1. The quantitative estimate of drug-likeness (QED) is 0.486. The second-order valence-electron chi connectivity index (χ2n) is 4.06. The monoisotopic (exact) mass is 314 g/mol. The summed E-state index contributed by atoms with van der Waals surface area (Å²) in [4.78, 5) is 0. The number of hydrogen-bond donors (Lipinski definition) is 0. The van der Waals surface area contributed by atoms with Crippen LogP contribution in [0.3, 0.4) is 0 Å². The van der Waals surface area contributed by atoms with Crippen molar-refractivity contribution in [1.82, 2.24) is 0 Å². The molecule has 0 saturated carbocycles. The van der Waals surface area contributed by atoms with Gasteiger partial charge in [0.1, 0.15) is 0 Å². The molecule has 0 radical (unpaired) electrons. The number of benzene rings is 2. The van der Waals surface area contributed by atoms with E-state index >= 15 is 0 Å². The molecule has 0 atom stereocenters. The van der Waals surface area contributed by atoms with Gasteiger partial charge in [-0.05, 0) is 8.07 Å². The minimum atomic E-state index is -1.71. The molecule has 0 nitrogen and oxygen atoms in total. The average Bonchev–Trinajstić information content (AvgIpc) is 2.31. The van der Waals surface area contributed by atoms with Gasteiger partial charge in [-0.2, -0.15) is 0 Å². The van der Waals surface area contributed by atoms with Crippen molar-refractivity contribution in [2.75, 3.05) is 0 Å². The van der Waals surface area contributed by atoms with Gasteiger partial charge in [0, 0.05) is 0 Å². The Kier molecular flexibility index (Phi) is 7.32. The molecule has 0 bridgehead atoms. The van der Waals surface area contributed by atoms with Crippen LogP contribution in [0.5, 0.6) is 0 Å². The Morgan fingerprint density at radius 2 is 1.06 bits per heavy atom. The predicted octanol–water partition coefficient (Wildman–Crippen LogP) is -1.12. The molecule has 17 heavy (non-hydrogen) atoms. The molecule has 0 heterocycles. The van der Waals surface area contributed by atoms with Crippen molar-refractivity contribution in [1.29, 1.82) is 0 Å². The van der Waals surface area contributed by atoms with Crippen molar-refractivity contribution < 1.29 is 17.0 Å². The molecular formula is C14H15BrMgSi. The normalized spacial score (nSPS) is 10.0. The van der Waals surface area contributed by atoms with Crippen molar-refractivity contribution in [3.63, 3.8) is 0 Å². The van der Waals surface area contributed by atoms with Gasteiger partial charge in [0.2, 0.25) is 0 Å². The van der Waals surface area contributed by atoms with E-state index in [9.17, 15) is 0 Å². The molecule has 84 valence electrons. The molecule has 3 heteroatoms. The summed E-state index contributed by atoms with van der Waals surface area (Å²) >= 11 is 0. The molecule has 2 aromatic carbocycles. The van der Waals surface area contributed by atoms with Crippen molar-refractivity contribution in [3.05, 3.63) is 67.2 Å². The molecule has 0 aliphatic heterocycles. The molecule has 0 saturated heterocycles. The van der Waals surface area contributed by atoms with Gasteiger partial charge in [-0.1, -0.05) is 77.6 Å². The van der Waals surface area contributed by atoms with E-state index in [1.807, 2.05) is 0 Å². The van der Waals surface area contributed by atoms with Gasteiger partial charge in [-0.15, -0.1) is 0 Å². The molecular weight excluding hydrogens is 300 g/mol. The largest absolute Gasteiger partial charge is 2.00 e. The molecule has 0 aromatic heterocycles. The van der Waals surface area contributed by atoms with Crippen LogP contribution in [0, 0.1) is 6.55 Å². The molecule has 0 fully saturated rings. The average molecular weight is 316 g/mol. The van der Waals surface area contributed by atoms with E-state index in [4.69, 9.17) is 0 Å². The summed E-state index contributed by atoms with van der Waals surface area (Å²) in [7, 11) is -1.71. The molecule has 0 unspecified atom stereocenters. The molecule has 0 N–H and O–H groups in total. The Morgan fingerprint density at radius 3 is 1.35 bits per heavy atom. The van der Waals surface area contributed by atoms with Crippen LogP contribution in [0.4, 0.5) is 0 Å². The molecule has 0 spiro atoms. The maximum Gasteiger partial charge on any atom is 2.00 e. The minimum Gasteiger partial charge on any atom is -1.00 e. The zero-order valence-electron chi connectivity index (χ0n) is 10.1. The maximum absolute atomic E-state index is 4.45. The molecule has 2 rings (SSSR count). The van der Waals surface area contributed by atoms with Crippen LogP contribution in [0.15, 0.2) is 60.7 Å². The molecule has 0 amide bonds. The van der Waals surface area contributed by atoms with Gasteiger partial charge in [0.05, 0.1) is 0 Å². The van der Waals surface area contributed by atoms with Gasteiger partial charge in [-0.25, -0.2) is 0 Å². The molecule has 0 aliphatic rings. The standard InChI is InChI=1S/C14H15Si.BrH.Mg/c1-15(2,13-9-5-3-6-10-13)14-11-7-4-8-12-14;;/h3-12H,1H2,2H3;1H;/q-1;;+2/p-1. The summed E-state index contributed by atoms with van der Waals surface area (Å²) < 4.78 is 0. The summed E-state index contributed by atoms with van der Waals surface area (Å²) in [5, 5.41) is 2.77. The van der Waals surface area contributed by atoms with Gasteiger partial charge in [0.15, 0.2) is 0 Å². The van der Waals surface area contributed by atoms with E-state index in [1.54, 1.807) is 0 Å². The Balaban J connectivity index is 0.00000128. The summed E-state index contributed by atoms with van der Waals surface area (Å²) in [6.45, 7) is 6.74. The maximum atomic E-state index is 4.45. The zero-order chi connectivity index (χ0) is 10.7. The van der Waals surface area contributed by atoms with E-state index in [-0.39, 0.29) is 40.0 Å². The number of halogens is 1. The molecule has 0 aliphatic carbocycles. The third-order valence-electron chi connectivity index (χ3n) is 2.82. The minimum absolute atomic E-state index is 0. The number of rotatable bonds is 2. The number of hydrogen-bond acceptors (Lipinski definition) is 0. The Labute approximate surface area is 131 Å². The third-order valence-corrected chi connectivity index (χ3v) is 6.04. The summed E-state index contributed by atoms with van der Waals surface area (Å²) in [6, 6.07) is 21.2. The SMILES string of the molecule is [Br-].[CH2-][Si](C)(c1ccccc1)c1ccccc1.[Mg+2]. The van der Waals surface area contributed by atoms with Gasteiger partial charge in [0.25, 0.3) is 0 Å². The predicted molar refractivity (Wildman–Crippen MR) is 74.9 cm³/mol. The van der Waals surface area contributed by atoms with Crippen LogP contribution in [0.1, 0.15) is 0 Å². The fraction of sp³-hybridized carbons (Fsp3) is 0.0714.